The molecule has 1 aliphatic rings. The van der Waals surface area contributed by atoms with E-state index in [0.717, 1.165) is 4.90 Å². The maximum atomic E-state index is 12.2. The quantitative estimate of drug-likeness (QED) is 0.880. The Bertz CT molecular complexity index is 706. The van der Waals surface area contributed by atoms with E-state index in [-0.39, 0.29) is 30.7 Å². The van der Waals surface area contributed by atoms with E-state index in [1.807, 2.05) is 18.2 Å². The van der Waals surface area contributed by atoms with Crippen molar-refractivity contribution in [2.24, 2.45) is 0 Å². The minimum absolute atomic E-state index is 0.0698. The third kappa shape index (κ3) is 2.61. The molecule has 0 spiro atoms. The van der Waals surface area contributed by atoms with Gasteiger partial charge in [0, 0.05) is 18.7 Å². The molecule has 0 aliphatic carbocycles. The molecule has 2 aromatic carbocycles. The molecule has 0 bridgehead atoms. The normalized spacial score (nSPS) is 13.2. The molecule has 0 radical (unpaired) electrons. The molecule has 0 atom stereocenters. The van der Waals surface area contributed by atoms with E-state index >= 15 is 0 Å². The van der Waals surface area contributed by atoms with Crippen LogP contribution < -0.4 is 5.32 Å². The first kappa shape index (κ1) is 14.0. The Kier molecular flexibility index (Phi) is 3.70. The van der Waals surface area contributed by atoms with E-state index in [1.54, 1.807) is 36.4 Å². The second-order valence-electron chi connectivity index (χ2n) is 4.97. The molecular weight excluding hydrogens is 280 g/mol. The summed E-state index contributed by atoms with van der Waals surface area (Å²) in [7, 11) is 0. The first-order chi connectivity index (χ1) is 10.7. The first-order valence-electron chi connectivity index (χ1n) is 6.97. The SMILES string of the molecule is O=C(CCN1C(=O)c2ccccc2C1=O)Nc1ccccc1. The number of hydrogen-bond donors (Lipinski definition) is 1. The van der Waals surface area contributed by atoms with Crippen molar-refractivity contribution in [3.63, 3.8) is 0 Å². The predicted octanol–water partition coefficient (Wildman–Crippen LogP) is 2.31. The first-order valence-corrected chi connectivity index (χ1v) is 6.97. The van der Waals surface area contributed by atoms with Crippen molar-refractivity contribution >= 4 is 23.4 Å². The summed E-state index contributed by atoms with van der Waals surface area (Å²) in [6.45, 7) is 0.0744. The number of imide groups is 1. The zero-order valence-electron chi connectivity index (χ0n) is 11.8. The maximum absolute atomic E-state index is 12.2. The predicted molar refractivity (Wildman–Crippen MR) is 81.5 cm³/mol. The fourth-order valence-electron chi connectivity index (χ4n) is 2.40. The molecule has 0 unspecified atom stereocenters. The molecule has 2 aromatic rings. The monoisotopic (exact) mass is 294 g/mol. The van der Waals surface area contributed by atoms with Gasteiger partial charge in [-0.15, -0.1) is 0 Å². The van der Waals surface area contributed by atoms with Gasteiger partial charge in [-0.25, -0.2) is 0 Å². The highest BCUT2D eigenvalue weighted by molar-refractivity contribution is 6.21. The lowest BCUT2D eigenvalue weighted by Crippen LogP contribution is -2.32. The highest BCUT2D eigenvalue weighted by Crippen LogP contribution is 2.22. The van der Waals surface area contributed by atoms with E-state index < -0.39 is 0 Å². The summed E-state index contributed by atoms with van der Waals surface area (Å²) in [5.74, 6) is -0.913. The average molecular weight is 294 g/mol. The zero-order chi connectivity index (χ0) is 15.5. The summed E-state index contributed by atoms with van der Waals surface area (Å²) >= 11 is 0. The summed E-state index contributed by atoms with van der Waals surface area (Å²) in [6, 6.07) is 15.7. The lowest BCUT2D eigenvalue weighted by molar-refractivity contribution is -0.116. The van der Waals surface area contributed by atoms with Crippen molar-refractivity contribution < 1.29 is 14.4 Å². The molecule has 3 amide bonds. The van der Waals surface area contributed by atoms with Gasteiger partial charge in [-0.05, 0) is 24.3 Å². The van der Waals surface area contributed by atoms with Crippen LogP contribution in [0.4, 0.5) is 5.69 Å². The van der Waals surface area contributed by atoms with Crippen molar-refractivity contribution in [1.82, 2.24) is 4.90 Å². The number of amides is 3. The third-order valence-corrected chi connectivity index (χ3v) is 3.50. The molecular formula is C17H14N2O3. The number of para-hydroxylation sites is 1. The zero-order valence-corrected chi connectivity index (χ0v) is 11.8. The molecule has 0 fully saturated rings. The lowest BCUT2D eigenvalue weighted by atomic mass is 10.1. The summed E-state index contributed by atoms with van der Waals surface area (Å²) in [5, 5.41) is 2.73. The standard InChI is InChI=1S/C17H14N2O3/c20-15(18-12-6-2-1-3-7-12)10-11-19-16(21)13-8-4-5-9-14(13)17(19)22/h1-9H,10-11H2,(H,18,20). The number of hydrogen-bond acceptors (Lipinski definition) is 3. The molecule has 1 N–H and O–H groups in total. The van der Waals surface area contributed by atoms with Gasteiger partial charge in [0.15, 0.2) is 0 Å². The summed E-state index contributed by atoms with van der Waals surface area (Å²) in [5.41, 5.74) is 1.49. The van der Waals surface area contributed by atoms with Crippen LogP contribution in [0, 0.1) is 0 Å². The second-order valence-corrected chi connectivity index (χ2v) is 4.97. The van der Waals surface area contributed by atoms with Gasteiger partial charge in [-0.2, -0.15) is 0 Å². The Hall–Kier alpha value is -2.95. The largest absolute Gasteiger partial charge is 0.326 e. The van der Waals surface area contributed by atoms with Crippen LogP contribution in [0.25, 0.3) is 0 Å². The highest BCUT2D eigenvalue weighted by Gasteiger charge is 2.34. The van der Waals surface area contributed by atoms with E-state index in [1.165, 1.54) is 0 Å². The van der Waals surface area contributed by atoms with Crippen LogP contribution in [0.15, 0.2) is 54.6 Å². The van der Waals surface area contributed by atoms with Crippen LogP contribution in [-0.4, -0.2) is 29.2 Å². The summed E-state index contributed by atoms with van der Waals surface area (Å²) in [6.07, 6.45) is 0.0698. The highest BCUT2D eigenvalue weighted by atomic mass is 16.2. The fourth-order valence-corrected chi connectivity index (χ4v) is 2.40. The smallest absolute Gasteiger partial charge is 0.261 e. The summed E-state index contributed by atoms with van der Waals surface area (Å²) < 4.78 is 0. The van der Waals surface area contributed by atoms with E-state index in [9.17, 15) is 14.4 Å². The fraction of sp³-hybridized carbons (Fsp3) is 0.118. The Morgan fingerprint density at radius 3 is 2.00 bits per heavy atom. The Morgan fingerprint density at radius 2 is 1.41 bits per heavy atom. The van der Waals surface area contributed by atoms with Gasteiger partial charge >= 0.3 is 0 Å². The van der Waals surface area contributed by atoms with Crippen LogP contribution in [0.3, 0.4) is 0 Å². The number of fused-ring (bicyclic) bond motifs is 1. The number of rotatable bonds is 4. The molecule has 1 aliphatic heterocycles. The van der Waals surface area contributed by atoms with Gasteiger partial charge in [-0.1, -0.05) is 30.3 Å². The molecule has 110 valence electrons. The lowest BCUT2D eigenvalue weighted by Gasteiger charge is -2.13. The molecule has 5 heteroatoms. The van der Waals surface area contributed by atoms with Crippen molar-refractivity contribution in [3.8, 4) is 0 Å². The Balaban J connectivity index is 1.62. The average Bonchev–Trinajstić information content (AvgIpc) is 2.78. The number of benzene rings is 2. The van der Waals surface area contributed by atoms with Crippen molar-refractivity contribution in [3.05, 3.63) is 65.7 Å². The van der Waals surface area contributed by atoms with E-state index in [0.29, 0.717) is 16.8 Å². The molecule has 0 saturated heterocycles. The minimum atomic E-state index is -0.340. The summed E-state index contributed by atoms with van der Waals surface area (Å²) in [4.78, 5) is 37.3. The van der Waals surface area contributed by atoms with E-state index in [2.05, 4.69) is 5.32 Å². The van der Waals surface area contributed by atoms with Crippen molar-refractivity contribution in [2.45, 2.75) is 6.42 Å². The van der Waals surface area contributed by atoms with Crippen LogP contribution in [0.2, 0.25) is 0 Å². The van der Waals surface area contributed by atoms with Crippen molar-refractivity contribution in [2.75, 3.05) is 11.9 Å². The number of carbonyl (C=O) groups is 3. The molecule has 1 heterocycles. The van der Waals surface area contributed by atoms with Gasteiger partial charge in [0.25, 0.3) is 11.8 Å². The van der Waals surface area contributed by atoms with Crippen LogP contribution in [0.1, 0.15) is 27.1 Å². The van der Waals surface area contributed by atoms with Gasteiger partial charge < -0.3 is 5.32 Å². The topological polar surface area (TPSA) is 66.5 Å². The molecule has 5 nitrogen and oxygen atoms in total. The number of carbonyl (C=O) groups excluding carboxylic acids is 3. The minimum Gasteiger partial charge on any atom is -0.326 e. The van der Waals surface area contributed by atoms with Gasteiger partial charge in [-0.3, -0.25) is 19.3 Å². The van der Waals surface area contributed by atoms with Crippen LogP contribution in [-0.2, 0) is 4.79 Å². The van der Waals surface area contributed by atoms with Crippen molar-refractivity contribution in [1.29, 1.82) is 0 Å². The Labute approximate surface area is 127 Å². The Morgan fingerprint density at radius 1 is 0.864 bits per heavy atom. The molecule has 22 heavy (non-hydrogen) atoms. The number of nitrogens with zero attached hydrogens (tertiary/aromatic N) is 1. The van der Waals surface area contributed by atoms with E-state index in [4.69, 9.17) is 0 Å². The third-order valence-electron chi connectivity index (χ3n) is 3.50. The van der Waals surface area contributed by atoms with Crippen LogP contribution >= 0.6 is 0 Å². The van der Waals surface area contributed by atoms with Gasteiger partial charge in [0.1, 0.15) is 0 Å². The van der Waals surface area contributed by atoms with Gasteiger partial charge in [0.2, 0.25) is 5.91 Å². The second kappa shape index (κ2) is 5.81. The molecule has 0 aromatic heterocycles. The molecule has 0 saturated carbocycles. The van der Waals surface area contributed by atoms with Crippen LogP contribution in [0.5, 0.6) is 0 Å². The number of anilines is 1. The van der Waals surface area contributed by atoms with Gasteiger partial charge in [0.05, 0.1) is 11.1 Å². The molecule has 3 rings (SSSR count). The number of nitrogens with one attached hydrogen (secondary N) is 1. The maximum Gasteiger partial charge on any atom is 0.261 e.